The van der Waals surface area contributed by atoms with E-state index in [4.69, 9.17) is 4.74 Å². The topological polar surface area (TPSA) is 147 Å². The van der Waals surface area contributed by atoms with Gasteiger partial charge in [0.1, 0.15) is 11.1 Å². The van der Waals surface area contributed by atoms with Crippen LogP contribution in [0.5, 0.6) is 5.75 Å². The molecule has 1 saturated heterocycles. The zero-order valence-electron chi connectivity index (χ0n) is 23.0. The van der Waals surface area contributed by atoms with Gasteiger partial charge in [-0.3, -0.25) is 9.52 Å². The molecule has 1 aromatic heterocycles. The van der Waals surface area contributed by atoms with Crippen LogP contribution in [0.25, 0.3) is 11.3 Å². The van der Waals surface area contributed by atoms with Crippen LogP contribution in [0, 0.1) is 5.82 Å². The van der Waals surface area contributed by atoms with Gasteiger partial charge in [-0.1, -0.05) is 40.2 Å². The summed E-state index contributed by atoms with van der Waals surface area (Å²) < 4.78 is 115. The van der Waals surface area contributed by atoms with E-state index in [2.05, 4.69) is 30.6 Å². The van der Waals surface area contributed by atoms with E-state index in [0.29, 0.717) is 28.5 Å². The number of H-pyrrole nitrogens is 1. The fourth-order valence-corrected chi connectivity index (χ4v) is 7.91. The highest BCUT2D eigenvalue weighted by Crippen LogP contribution is 2.37. The largest absolute Gasteiger partial charge is 0.494 e. The molecule has 45 heavy (non-hydrogen) atoms. The predicted octanol–water partition coefficient (Wildman–Crippen LogP) is 5.16. The second-order valence-electron chi connectivity index (χ2n) is 10.1. The highest BCUT2D eigenvalue weighted by molar-refractivity contribution is 9.10. The molecule has 2 heterocycles. The lowest BCUT2D eigenvalue weighted by molar-refractivity contribution is -0.138. The van der Waals surface area contributed by atoms with Crippen molar-refractivity contribution in [3.8, 4) is 17.0 Å². The van der Waals surface area contributed by atoms with E-state index in [1.165, 1.54) is 37.6 Å². The van der Waals surface area contributed by atoms with Crippen LogP contribution < -0.4 is 14.2 Å². The van der Waals surface area contributed by atoms with Gasteiger partial charge in [-0.15, -0.1) is 0 Å². The highest BCUT2D eigenvalue weighted by Gasteiger charge is 2.38. The van der Waals surface area contributed by atoms with E-state index in [1.807, 2.05) is 4.72 Å². The minimum atomic E-state index is -4.83. The molecule has 1 aliphatic rings. The van der Waals surface area contributed by atoms with E-state index in [-0.39, 0.29) is 28.9 Å². The Labute approximate surface area is 263 Å². The Hall–Kier alpha value is -3.80. The lowest BCUT2D eigenvalue weighted by Crippen LogP contribution is -2.31. The van der Waals surface area contributed by atoms with Crippen LogP contribution in [-0.4, -0.2) is 39.8 Å². The smallest absolute Gasteiger partial charge is 0.417 e. The molecule has 3 aromatic carbocycles. The van der Waals surface area contributed by atoms with Crippen LogP contribution in [0.3, 0.4) is 0 Å². The lowest BCUT2D eigenvalue weighted by atomic mass is 10.0. The molecule has 5 rings (SSSR count). The number of imidazole rings is 1. The van der Waals surface area contributed by atoms with Crippen molar-refractivity contribution in [2.45, 2.75) is 35.2 Å². The molecule has 0 spiro atoms. The highest BCUT2D eigenvalue weighted by atomic mass is 79.9. The van der Waals surface area contributed by atoms with Gasteiger partial charge in [0.2, 0.25) is 26.0 Å². The van der Waals surface area contributed by atoms with E-state index >= 15 is 0 Å². The first-order chi connectivity index (χ1) is 21.1. The molecule has 0 saturated carbocycles. The van der Waals surface area contributed by atoms with Gasteiger partial charge in [-0.2, -0.15) is 13.2 Å². The van der Waals surface area contributed by atoms with Crippen molar-refractivity contribution in [3.63, 3.8) is 0 Å². The molecule has 3 N–H and O–H groups in total. The second kappa shape index (κ2) is 12.2. The summed E-state index contributed by atoms with van der Waals surface area (Å²) in [6, 6.07) is 11.5. The zero-order valence-corrected chi connectivity index (χ0v) is 26.2. The fraction of sp³-hybridized carbons (Fsp3) is 0.214. The predicted molar refractivity (Wildman–Crippen MR) is 157 cm³/mol. The maximum Gasteiger partial charge on any atom is 0.417 e. The van der Waals surface area contributed by atoms with Crippen molar-refractivity contribution < 1.29 is 43.9 Å². The summed E-state index contributed by atoms with van der Waals surface area (Å²) in [6.07, 6.45) is -3.82. The number of rotatable bonds is 9. The van der Waals surface area contributed by atoms with E-state index in [1.54, 1.807) is 18.2 Å². The number of methoxy groups -OCH3 is 1. The van der Waals surface area contributed by atoms with Gasteiger partial charge >= 0.3 is 6.18 Å². The number of hydrogen-bond acceptors (Lipinski definition) is 7. The normalized spacial score (nSPS) is 17.2. The Bertz CT molecular complexity index is 1980. The molecule has 238 valence electrons. The maximum absolute atomic E-state index is 14.4. The molecule has 1 fully saturated rings. The van der Waals surface area contributed by atoms with Gasteiger partial charge in [0.15, 0.2) is 11.6 Å². The van der Waals surface area contributed by atoms with Gasteiger partial charge in [0.05, 0.1) is 41.9 Å². The number of hydrogen-bond donors (Lipinski definition) is 3. The standard InChI is InChI=1S/C28H23BrF4N4O6S2/c1-43-24-9-6-17(11-21(24)30)23-14-34-27(35-23)22(36-44(39,40)18-7-8-20(29)19(12-18)28(31,32)33)10-15-2-4-16(5-3-15)25-13-26(38)37-45(25,41)42/h2-9,11-12,14,22,25,36H,10,13H2,1H3,(H,34,35)(H,37,38). The van der Waals surface area contributed by atoms with Crippen molar-refractivity contribution in [2.75, 3.05) is 7.11 Å². The number of aromatic amines is 1. The number of alkyl halides is 3. The number of ether oxygens (including phenoxy) is 1. The summed E-state index contributed by atoms with van der Waals surface area (Å²) in [5.41, 5.74) is 0.334. The molecule has 2 unspecified atom stereocenters. The van der Waals surface area contributed by atoms with Gasteiger partial charge in [-0.25, -0.2) is 30.9 Å². The summed E-state index contributed by atoms with van der Waals surface area (Å²) in [5, 5.41) is -1.09. The number of carbonyl (C=O) groups is 1. The Kier molecular flexibility index (Phi) is 8.82. The Morgan fingerprint density at radius 3 is 2.42 bits per heavy atom. The number of nitrogens with zero attached hydrogens (tertiary/aromatic N) is 1. The van der Waals surface area contributed by atoms with Gasteiger partial charge in [0, 0.05) is 10.0 Å². The molecule has 1 aliphatic heterocycles. The summed E-state index contributed by atoms with van der Waals surface area (Å²) in [7, 11) is -7.16. The van der Waals surface area contributed by atoms with Crippen molar-refractivity contribution >= 4 is 41.9 Å². The monoisotopic (exact) mass is 730 g/mol. The quantitative estimate of drug-likeness (QED) is 0.202. The maximum atomic E-state index is 14.4. The molecule has 0 bridgehead atoms. The fourth-order valence-electron chi connectivity index (χ4n) is 4.78. The van der Waals surface area contributed by atoms with Gasteiger partial charge in [0.25, 0.3) is 0 Å². The molecule has 17 heteroatoms. The van der Waals surface area contributed by atoms with Crippen LogP contribution in [0.15, 0.2) is 76.2 Å². The van der Waals surface area contributed by atoms with Crippen LogP contribution in [0.4, 0.5) is 17.6 Å². The first-order valence-electron chi connectivity index (χ1n) is 13.0. The molecule has 0 aliphatic carbocycles. The van der Waals surface area contributed by atoms with Crippen LogP contribution in [0.1, 0.15) is 40.2 Å². The Balaban J connectivity index is 1.49. The molecule has 1 amide bonds. The molecule has 2 atom stereocenters. The number of carbonyl (C=O) groups excluding carboxylic acids is 1. The van der Waals surface area contributed by atoms with E-state index < -0.39 is 59.7 Å². The van der Waals surface area contributed by atoms with E-state index in [0.717, 1.165) is 12.1 Å². The van der Waals surface area contributed by atoms with Crippen molar-refractivity contribution in [1.82, 2.24) is 19.4 Å². The summed E-state index contributed by atoms with van der Waals surface area (Å²) in [6.45, 7) is 0. The SMILES string of the molecule is COc1ccc(-c2cnc(C(Cc3ccc(C4CC(=O)NS4(=O)=O)cc3)NS(=O)(=O)c3ccc(Br)c(C(F)(F)F)c3)[nH]2)cc1F. The number of sulfonamides is 2. The van der Waals surface area contributed by atoms with Crippen molar-refractivity contribution in [3.05, 3.63) is 99.7 Å². The first-order valence-corrected chi connectivity index (χ1v) is 16.8. The summed E-state index contributed by atoms with van der Waals surface area (Å²) in [5.74, 6) is -1.22. The average Bonchev–Trinajstić information content (AvgIpc) is 3.56. The summed E-state index contributed by atoms with van der Waals surface area (Å²) >= 11 is 2.80. The number of amides is 1. The minimum Gasteiger partial charge on any atom is -0.494 e. The second-order valence-corrected chi connectivity index (χ2v) is 14.5. The Morgan fingerprint density at radius 1 is 1.11 bits per heavy atom. The number of aromatic nitrogens is 2. The zero-order chi connectivity index (χ0) is 32.7. The minimum absolute atomic E-state index is 0.00541. The van der Waals surface area contributed by atoms with Crippen molar-refractivity contribution in [1.29, 1.82) is 0 Å². The molecule has 10 nitrogen and oxygen atoms in total. The Morgan fingerprint density at radius 2 is 1.82 bits per heavy atom. The third-order valence-corrected chi connectivity index (χ3v) is 10.9. The molecular weight excluding hydrogens is 708 g/mol. The number of benzene rings is 3. The van der Waals surface area contributed by atoms with Crippen LogP contribution in [0.2, 0.25) is 0 Å². The molecule has 0 radical (unpaired) electrons. The van der Waals surface area contributed by atoms with Gasteiger partial charge in [-0.05, 0) is 53.9 Å². The van der Waals surface area contributed by atoms with Gasteiger partial charge < -0.3 is 9.72 Å². The number of halogens is 5. The molecule has 4 aromatic rings. The van der Waals surface area contributed by atoms with Crippen LogP contribution >= 0.6 is 15.9 Å². The third kappa shape index (κ3) is 7.05. The first kappa shape index (κ1) is 32.6. The average molecular weight is 732 g/mol. The van der Waals surface area contributed by atoms with E-state index in [9.17, 15) is 39.2 Å². The lowest BCUT2D eigenvalue weighted by Gasteiger charge is -2.19. The number of nitrogens with one attached hydrogen (secondary N) is 3. The van der Waals surface area contributed by atoms with Crippen LogP contribution in [-0.2, 0) is 37.4 Å². The van der Waals surface area contributed by atoms with Crippen molar-refractivity contribution in [2.24, 2.45) is 0 Å². The third-order valence-electron chi connectivity index (χ3n) is 7.03. The summed E-state index contributed by atoms with van der Waals surface area (Å²) in [4.78, 5) is 18.2. The molecular formula is C28H23BrF4N4O6S2.